The SMILES string of the molecule is CC(C)c1cccc(C2(N3CC([C@@](I)(Cc4ccc([N+](=O)[O-])cc4)NC(=O)OC(C)(C)C)OC3=O)CC2)c1. The molecule has 204 valence electrons. The van der Waals surface area contributed by atoms with E-state index in [1.54, 1.807) is 37.8 Å². The molecule has 2 atom stereocenters. The smallest absolute Gasteiger partial charge is 0.411 e. The summed E-state index contributed by atoms with van der Waals surface area (Å²) in [5.74, 6) is 0.366. The first kappa shape index (κ1) is 28.1. The van der Waals surface area contributed by atoms with Crippen molar-refractivity contribution in [3.8, 4) is 0 Å². The highest BCUT2D eigenvalue weighted by molar-refractivity contribution is 14.1. The lowest BCUT2D eigenvalue weighted by atomic mass is 9.95. The largest absolute Gasteiger partial charge is 0.444 e. The normalized spacial score (nSPS) is 20.0. The van der Waals surface area contributed by atoms with Gasteiger partial charge in [-0.05, 0) is 56.2 Å². The van der Waals surface area contributed by atoms with Crippen LogP contribution in [0.5, 0.6) is 0 Å². The Morgan fingerprint density at radius 2 is 1.89 bits per heavy atom. The highest BCUT2D eigenvalue weighted by Crippen LogP contribution is 2.53. The Bertz CT molecular complexity index is 1220. The van der Waals surface area contributed by atoms with Gasteiger partial charge in [0.25, 0.3) is 5.69 Å². The van der Waals surface area contributed by atoms with E-state index in [1.807, 2.05) is 6.07 Å². The number of carbonyl (C=O) groups is 2. The maximum absolute atomic E-state index is 13.3. The number of cyclic esters (lactones) is 1. The third kappa shape index (κ3) is 6.05. The van der Waals surface area contributed by atoms with Crippen molar-refractivity contribution in [3.05, 3.63) is 75.3 Å². The molecule has 0 bridgehead atoms. The summed E-state index contributed by atoms with van der Waals surface area (Å²) in [7, 11) is 0. The van der Waals surface area contributed by atoms with Crippen molar-refractivity contribution in [3.63, 3.8) is 0 Å². The summed E-state index contributed by atoms with van der Waals surface area (Å²) in [6, 6.07) is 14.5. The standard InChI is InChI=1S/C28H34IN3O6/c1-18(2)20-7-6-8-21(15-20)27(13-14-27)31-17-23(37-25(31)34)28(29,30-24(33)38-26(3,4)5)16-19-9-11-22(12-10-19)32(35)36/h6-12,15,18,23H,13-14,16-17H2,1-5H3,(H,30,33)/t23?,28-/m1/s1. The number of nitro benzene ring substituents is 1. The fourth-order valence-electron chi connectivity index (χ4n) is 4.81. The van der Waals surface area contributed by atoms with Crippen LogP contribution < -0.4 is 5.32 Å². The molecule has 2 aliphatic rings. The van der Waals surface area contributed by atoms with Gasteiger partial charge >= 0.3 is 12.2 Å². The van der Waals surface area contributed by atoms with E-state index < -0.39 is 37.9 Å². The molecule has 0 radical (unpaired) electrons. The van der Waals surface area contributed by atoms with Gasteiger partial charge in [-0.3, -0.25) is 15.0 Å². The zero-order valence-corrected chi connectivity index (χ0v) is 24.5. The Morgan fingerprint density at radius 1 is 1.24 bits per heavy atom. The van der Waals surface area contributed by atoms with Gasteiger partial charge in [0, 0.05) is 18.6 Å². The summed E-state index contributed by atoms with van der Waals surface area (Å²) < 4.78 is 10.4. The topological polar surface area (TPSA) is 111 Å². The molecule has 2 aromatic rings. The molecule has 2 fully saturated rings. The first-order valence-electron chi connectivity index (χ1n) is 12.7. The number of benzene rings is 2. The molecule has 1 saturated heterocycles. The van der Waals surface area contributed by atoms with Gasteiger partial charge in [-0.25, -0.2) is 9.59 Å². The van der Waals surface area contributed by atoms with Crippen molar-refractivity contribution < 1.29 is 24.0 Å². The number of alkyl halides is 1. The number of nitro groups is 1. The third-order valence-electron chi connectivity index (χ3n) is 6.97. The lowest BCUT2D eigenvalue weighted by Gasteiger charge is -2.34. The van der Waals surface area contributed by atoms with Crippen LogP contribution in [0.4, 0.5) is 15.3 Å². The number of hydrogen-bond donors (Lipinski definition) is 1. The number of halogens is 1. The average Bonchev–Trinajstić information content (AvgIpc) is 3.53. The Kier molecular flexibility index (Phi) is 7.66. The summed E-state index contributed by atoms with van der Waals surface area (Å²) in [5, 5.41) is 14.0. The van der Waals surface area contributed by atoms with Crippen LogP contribution in [0.1, 0.15) is 70.1 Å². The first-order valence-corrected chi connectivity index (χ1v) is 13.8. The van der Waals surface area contributed by atoms with Crippen molar-refractivity contribution in [2.75, 3.05) is 6.54 Å². The lowest BCUT2D eigenvalue weighted by molar-refractivity contribution is -0.384. The number of nitrogens with one attached hydrogen (secondary N) is 1. The Labute approximate surface area is 236 Å². The Morgan fingerprint density at radius 3 is 2.45 bits per heavy atom. The van der Waals surface area contributed by atoms with E-state index in [1.165, 1.54) is 17.7 Å². The van der Waals surface area contributed by atoms with E-state index in [2.05, 4.69) is 60.0 Å². The highest BCUT2D eigenvalue weighted by Gasteiger charge is 2.58. The lowest BCUT2D eigenvalue weighted by Crippen LogP contribution is -2.56. The molecule has 0 spiro atoms. The molecule has 2 aromatic carbocycles. The molecule has 10 heteroatoms. The number of nitrogens with zero attached hydrogens (tertiary/aromatic N) is 2. The average molecular weight is 635 g/mol. The van der Waals surface area contributed by atoms with E-state index in [0.717, 1.165) is 24.0 Å². The summed E-state index contributed by atoms with van der Waals surface area (Å²) in [4.78, 5) is 38.6. The molecule has 1 aliphatic carbocycles. The van der Waals surface area contributed by atoms with Gasteiger partial charge in [0.1, 0.15) is 9.15 Å². The van der Waals surface area contributed by atoms with Gasteiger partial charge in [-0.2, -0.15) is 0 Å². The fourth-order valence-corrected chi connectivity index (χ4v) is 5.80. The van der Waals surface area contributed by atoms with Crippen molar-refractivity contribution >= 4 is 40.5 Å². The van der Waals surface area contributed by atoms with E-state index in [9.17, 15) is 19.7 Å². The molecular weight excluding hydrogens is 601 g/mol. The van der Waals surface area contributed by atoms with Gasteiger partial charge in [0.05, 0.1) is 17.0 Å². The number of non-ortho nitro benzene ring substituents is 1. The summed E-state index contributed by atoms with van der Waals surface area (Å²) in [5.41, 5.74) is 1.90. The highest BCUT2D eigenvalue weighted by atomic mass is 127. The predicted molar refractivity (Wildman–Crippen MR) is 151 cm³/mol. The van der Waals surface area contributed by atoms with Crippen LogP contribution in [-0.2, 0) is 21.4 Å². The van der Waals surface area contributed by atoms with Crippen molar-refractivity contribution in [2.24, 2.45) is 0 Å². The molecule has 1 heterocycles. The van der Waals surface area contributed by atoms with E-state index in [4.69, 9.17) is 9.47 Å². The number of hydrogen-bond acceptors (Lipinski definition) is 6. The van der Waals surface area contributed by atoms with Crippen LogP contribution in [0.25, 0.3) is 0 Å². The number of carbonyl (C=O) groups excluding carboxylic acids is 2. The molecule has 9 nitrogen and oxygen atoms in total. The second-order valence-electron chi connectivity index (χ2n) is 11.4. The predicted octanol–water partition coefficient (Wildman–Crippen LogP) is 6.43. The van der Waals surface area contributed by atoms with E-state index in [-0.39, 0.29) is 18.7 Å². The summed E-state index contributed by atoms with van der Waals surface area (Å²) in [6.45, 7) is 9.90. The molecule has 4 rings (SSSR count). The zero-order valence-electron chi connectivity index (χ0n) is 22.3. The quantitative estimate of drug-likeness (QED) is 0.118. The monoisotopic (exact) mass is 635 g/mol. The van der Waals surface area contributed by atoms with Crippen LogP contribution in [0, 0.1) is 10.1 Å². The van der Waals surface area contributed by atoms with Gasteiger partial charge in [0.15, 0.2) is 6.10 Å². The second-order valence-corrected chi connectivity index (χ2v) is 13.3. The minimum atomic E-state index is -1.06. The molecule has 1 N–H and O–H groups in total. The first-order chi connectivity index (χ1) is 17.7. The molecule has 38 heavy (non-hydrogen) atoms. The maximum Gasteiger partial charge on any atom is 0.411 e. The van der Waals surface area contributed by atoms with Crippen molar-refractivity contribution in [2.45, 2.75) is 80.6 Å². The summed E-state index contributed by atoms with van der Waals surface area (Å²) in [6.07, 6.45) is 0.224. The minimum absolute atomic E-state index is 0.0225. The fraction of sp³-hybridized carbons (Fsp3) is 0.500. The molecule has 1 unspecified atom stereocenters. The third-order valence-corrected chi connectivity index (χ3v) is 8.32. The summed E-state index contributed by atoms with van der Waals surface area (Å²) >= 11 is 2.12. The molecular formula is C28H34IN3O6. The Balaban J connectivity index is 1.61. The van der Waals surface area contributed by atoms with Crippen LogP contribution in [0.15, 0.2) is 48.5 Å². The minimum Gasteiger partial charge on any atom is -0.444 e. The second kappa shape index (κ2) is 10.3. The van der Waals surface area contributed by atoms with Crippen LogP contribution in [-0.4, -0.2) is 43.8 Å². The van der Waals surface area contributed by atoms with Crippen molar-refractivity contribution in [1.82, 2.24) is 10.2 Å². The molecule has 1 saturated carbocycles. The van der Waals surface area contributed by atoms with Crippen LogP contribution in [0.2, 0.25) is 0 Å². The van der Waals surface area contributed by atoms with Crippen molar-refractivity contribution in [1.29, 1.82) is 0 Å². The van der Waals surface area contributed by atoms with Crippen LogP contribution >= 0.6 is 22.6 Å². The van der Waals surface area contributed by atoms with Gasteiger partial charge < -0.3 is 14.8 Å². The van der Waals surface area contributed by atoms with E-state index in [0.29, 0.717) is 5.92 Å². The van der Waals surface area contributed by atoms with Gasteiger partial charge in [0.2, 0.25) is 0 Å². The van der Waals surface area contributed by atoms with Gasteiger partial charge in [-0.1, -0.05) is 72.8 Å². The molecule has 1 aliphatic heterocycles. The van der Waals surface area contributed by atoms with Gasteiger partial charge in [-0.15, -0.1) is 0 Å². The number of amides is 2. The van der Waals surface area contributed by atoms with E-state index >= 15 is 0 Å². The Hall–Kier alpha value is -2.89. The maximum atomic E-state index is 13.3. The zero-order chi connectivity index (χ0) is 27.9. The van der Waals surface area contributed by atoms with Crippen LogP contribution in [0.3, 0.4) is 0 Å². The number of alkyl carbamates (subject to hydrolysis) is 1. The molecule has 0 aromatic heterocycles. The molecule has 2 amide bonds. The number of rotatable bonds is 8. The number of ether oxygens (including phenoxy) is 2.